The van der Waals surface area contributed by atoms with Crippen molar-refractivity contribution >= 4 is 17.6 Å². The number of aromatic amines is 1. The number of ether oxygens (including phenoxy) is 1. The van der Waals surface area contributed by atoms with Crippen LogP contribution < -0.4 is 9.42 Å². The lowest BCUT2D eigenvalue weighted by Crippen LogP contribution is -2.32. The molecule has 0 radical (unpaired) electrons. The van der Waals surface area contributed by atoms with E-state index in [2.05, 4.69) is 15.5 Å². The molecule has 0 saturated carbocycles. The highest BCUT2D eigenvalue weighted by Crippen LogP contribution is 2.30. The lowest BCUT2D eigenvalue weighted by molar-refractivity contribution is -0.659. The number of halogens is 1. The number of carboxylic acid groups (broad SMARTS) is 1. The van der Waals surface area contributed by atoms with Gasteiger partial charge in [0.25, 0.3) is 6.33 Å². The lowest BCUT2D eigenvalue weighted by atomic mass is 10.0. The van der Waals surface area contributed by atoms with Crippen LogP contribution in [0.25, 0.3) is 27.9 Å². The molecule has 0 spiro atoms. The van der Waals surface area contributed by atoms with Gasteiger partial charge in [-0.05, 0) is 59.7 Å². The Labute approximate surface area is 245 Å². The number of carboxylic acids is 1. The predicted molar refractivity (Wildman–Crippen MR) is 156 cm³/mol. The van der Waals surface area contributed by atoms with Crippen LogP contribution in [0.3, 0.4) is 0 Å². The summed E-state index contributed by atoms with van der Waals surface area (Å²) in [6.07, 6.45) is 7.78. The number of tetrazole rings is 1. The van der Waals surface area contributed by atoms with Gasteiger partial charge in [-0.2, -0.15) is 5.10 Å². The van der Waals surface area contributed by atoms with Crippen LogP contribution in [0.1, 0.15) is 27.7 Å². The molecule has 3 aromatic carbocycles. The first-order valence-electron chi connectivity index (χ1n) is 13.0. The van der Waals surface area contributed by atoms with Crippen molar-refractivity contribution < 1.29 is 19.3 Å². The van der Waals surface area contributed by atoms with Crippen LogP contribution >= 0.6 is 11.6 Å². The number of aromatic carboxylic acids is 1. The van der Waals surface area contributed by atoms with E-state index in [4.69, 9.17) is 26.4 Å². The van der Waals surface area contributed by atoms with Crippen LogP contribution in [0.15, 0.2) is 104 Å². The van der Waals surface area contributed by atoms with Gasteiger partial charge in [-0.25, -0.2) is 4.79 Å². The van der Waals surface area contributed by atoms with Crippen molar-refractivity contribution in [3.8, 4) is 33.7 Å². The van der Waals surface area contributed by atoms with E-state index >= 15 is 0 Å². The summed E-state index contributed by atoms with van der Waals surface area (Å²) in [5.74, 6) is -0.178. The first-order valence-corrected chi connectivity index (χ1v) is 13.4. The first-order chi connectivity index (χ1) is 20.5. The Hall–Kier alpha value is -5.35. The van der Waals surface area contributed by atoms with E-state index in [0.29, 0.717) is 11.4 Å². The molecule has 0 aliphatic rings. The highest BCUT2D eigenvalue weighted by atomic mass is 35.5. The molecule has 1 atom stereocenters. The van der Waals surface area contributed by atoms with Gasteiger partial charge in [0.15, 0.2) is 5.21 Å². The number of benzene rings is 3. The number of H-pyrrole nitrogens is 1. The van der Waals surface area contributed by atoms with E-state index in [-0.39, 0.29) is 11.6 Å². The number of aromatic nitrogens is 7. The minimum absolute atomic E-state index is 0.218. The predicted octanol–water partition coefficient (Wildman–Crippen LogP) is 5.20. The average molecular weight is 579 g/mol. The molecule has 208 valence electrons. The summed E-state index contributed by atoms with van der Waals surface area (Å²) in [5.41, 5.74) is 6.47. The van der Waals surface area contributed by atoms with Crippen LogP contribution in [-0.4, -0.2) is 48.5 Å². The second-order valence-corrected chi connectivity index (χ2v) is 10.0. The minimum atomic E-state index is -0.962. The van der Waals surface area contributed by atoms with E-state index in [9.17, 15) is 9.90 Å². The maximum Gasteiger partial charge on any atom is 0.335 e. The van der Waals surface area contributed by atoms with E-state index in [1.54, 1.807) is 48.6 Å². The van der Waals surface area contributed by atoms with Crippen molar-refractivity contribution in [1.82, 2.24) is 30.3 Å². The van der Waals surface area contributed by atoms with E-state index in [1.165, 1.54) is 0 Å². The Bertz CT molecular complexity index is 1820. The van der Waals surface area contributed by atoms with Crippen molar-refractivity contribution in [2.45, 2.75) is 12.5 Å². The zero-order valence-corrected chi connectivity index (χ0v) is 23.2. The fourth-order valence-electron chi connectivity index (χ4n) is 4.79. The van der Waals surface area contributed by atoms with Crippen LogP contribution in [-0.2, 0) is 6.42 Å². The lowest BCUT2D eigenvalue weighted by Gasteiger charge is -2.18. The molecule has 0 saturated heterocycles. The smallest absolute Gasteiger partial charge is 0.335 e. The molecule has 2 N–H and O–H groups in total. The molecule has 0 bridgehead atoms. The molecule has 42 heavy (non-hydrogen) atoms. The van der Waals surface area contributed by atoms with E-state index < -0.39 is 5.97 Å². The molecule has 0 aliphatic heterocycles. The van der Waals surface area contributed by atoms with Gasteiger partial charge in [-0.3, -0.25) is 9.67 Å². The topological polar surface area (TPSA) is 123 Å². The van der Waals surface area contributed by atoms with Crippen molar-refractivity contribution in [3.05, 3.63) is 126 Å². The Morgan fingerprint density at radius 1 is 1.00 bits per heavy atom. The molecule has 3 aromatic heterocycles. The van der Waals surface area contributed by atoms with Gasteiger partial charge in [0, 0.05) is 40.5 Å². The quantitative estimate of drug-likeness (QED) is 0.226. The summed E-state index contributed by atoms with van der Waals surface area (Å²) in [6, 6.07) is 24.1. The highest BCUT2D eigenvalue weighted by Gasteiger charge is 2.20. The maximum absolute atomic E-state index is 11.3. The van der Waals surface area contributed by atoms with Gasteiger partial charge < -0.3 is 9.84 Å². The molecule has 6 rings (SSSR count). The number of hydrogen-bond acceptors (Lipinski definition) is 6. The molecular formula is C31H25ClN7O3+. The molecule has 0 amide bonds. The first kappa shape index (κ1) is 26.9. The Morgan fingerprint density at radius 2 is 1.79 bits per heavy atom. The maximum atomic E-state index is 11.3. The zero-order chi connectivity index (χ0) is 29.1. The molecule has 0 fully saturated rings. The van der Waals surface area contributed by atoms with Crippen LogP contribution in [0, 0.1) is 0 Å². The Balaban J connectivity index is 1.36. The minimum Gasteiger partial charge on any atom is -0.497 e. The molecule has 0 aliphatic carbocycles. The SMILES string of the molecule is COc1ccc(CC(c2ccc(-c3cc(Cl)ccc3-[n+]3cnn[nH]3)cn2)n2cc(-c3ccc(C(=O)O)cc3)cn2)cc1. The van der Waals surface area contributed by atoms with Crippen molar-refractivity contribution in [1.29, 1.82) is 0 Å². The van der Waals surface area contributed by atoms with Gasteiger partial charge in [0.05, 0.1) is 30.6 Å². The van der Waals surface area contributed by atoms with E-state index in [1.807, 2.05) is 71.7 Å². The van der Waals surface area contributed by atoms with Gasteiger partial charge >= 0.3 is 5.97 Å². The summed E-state index contributed by atoms with van der Waals surface area (Å²) in [5, 5.41) is 25.1. The largest absolute Gasteiger partial charge is 0.497 e. The molecule has 10 nitrogen and oxygen atoms in total. The third kappa shape index (κ3) is 5.61. The summed E-state index contributed by atoms with van der Waals surface area (Å²) in [6.45, 7) is 0. The van der Waals surface area contributed by atoms with Crippen molar-refractivity contribution in [2.75, 3.05) is 7.11 Å². The second-order valence-electron chi connectivity index (χ2n) is 9.59. The number of carbonyl (C=O) groups is 1. The fourth-order valence-corrected chi connectivity index (χ4v) is 4.96. The summed E-state index contributed by atoms with van der Waals surface area (Å²) < 4.78 is 8.93. The van der Waals surface area contributed by atoms with Gasteiger partial charge in [0.2, 0.25) is 0 Å². The third-order valence-electron chi connectivity index (χ3n) is 7.01. The normalized spacial score (nSPS) is 11.8. The number of pyridine rings is 1. The van der Waals surface area contributed by atoms with Gasteiger partial charge in [-0.1, -0.05) is 47.1 Å². The van der Waals surface area contributed by atoms with Crippen LogP contribution in [0.5, 0.6) is 5.75 Å². The summed E-state index contributed by atoms with van der Waals surface area (Å²) in [4.78, 5) is 16.2. The zero-order valence-electron chi connectivity index (χ0n) is 22.4. The number of nitrogens with zero attached hydrogens (tertiary/aromatic N) is 6. The standard InChI is InChI=1S/C31H24ClN7O3/c1-42-26-10-2-20(3-11-26)14-30(38-18-24(17-35-38)21-4-6-22(7-5-21)31(40)41)28-12-8-23(16-33-28)27-15-25(32)9-13-29(27)39-19-34-36-37-39/h2-13,15-19,30H,14H2,1H3,(H,40,41)/p+1. The van der Waals surface area contributed by atoms with E-state index in [0.717, 1.165) is 44.9 Å². The molecule has 11 heteroatoms. The Kier molecular flexibility index (Phi) is 7.44. The van der Waals surface area contributed by atoms with Crippen molar-refractivity contribution in [2.24, 2.45) is 0 Å². The van der Waals surface area contributed by atoms with Gasteiger partial charge in [0.1, 0.15) is 16.5 Å². The monoisotopic (exact) mass is 578 g/mol. The second kappa shape index (κ2) is 11.6. The molecule has 3 heterocycles. The number of rotatable bonds is 9. The van der Waals surface area contributed by atoms with Crippen LogP contribution in [0.2, 0.25) is 5.02 Å². The van der Waals surface area contributed by atoms with Crippen LogP contribution in [0.4, 0.5) is 0 Å². The fraction of sp³-hybridized carbons (Fsp3) is 0.0968. The summed E-state index contributed by atoms with van der Waals surface area (Å²) >= 11 is 6.36. The Morgan fingerprint density at radius 3 is 2.45 bits per heavy atom. The molecule has 6 aromatic rings. The number of nitrogens with one attached hydrogen (secondary N) is 1. The number of hydrogen-bond donors (Lipinski definition) is 2. The average Bonchev–Trinajstić information content (AvgIpc) is 3.74. The molecular weight excluding hydrogens is 554 g/mol. The summed E-state index contributed by atoms with van der Waals surface area (Å²) in [7, 11) is 1.64. The van der Waals surface area contributed by atoms with Gasteiger partial charge in [-0.15, -0.1) is 4.68 Å². The van der Waals surface area contributed by atoms with Crippen molar-refractivity contribution in [3.63, 3.8) is 0 Å². The third-order valence-corrected chi connectivity index (χ3v) is 7.24. The molecule has 1 unspecified atom stereocenters. The number of methoxy groups -OCH3 is 1. The highest BCUT2D eigenvalue weighted by molar-refractivity contribution is 6.31.